The molecule has 0 aliphatic carbocycles. The van der Waals surface area contributed by atoms with Crippen LogP contribution in [0.2, 0.25) is 0 Å². The maximum atomic E-state index is 11.9. The molecule has 0 fully saturated rings. The Morgan fingerprint density at radius 1 is 1.39 bits per heavy atom. The van der Waals surface area contributed by atoms with E-state index in [0.29, 0.717) is 9.47 Å². The molecule has 7 heteroatoms. The van der Waals surface area contributed by atoms with Crippen molar-refractivity contribution >= 4 is 39.8 Å². The van der Waals surface area contributed by atoms with Crippen molar-refractivity contribution in [1.82, 2.24) is 10.2 Å². The standard InChI is InChI=1S/C11H12N4OS2/c1-7(17-11-15-14-10(12)18-11)9(16)13-8-5-3-2-4-6-8/h2-7H,1H3,(H2,12,14)(H,13,16)/t7-/m0/s1. The smallest absolute Gasteiger partial charge is 0.237 e. The van der Waals surface area contributed by atoms with Crippen LogP contribution in [0.25, 0.3) is 0 Å². The number of para-hydroxylation sites is 1. The summed E-state index contributed by atoms with van der Waals surface area (Å²) in [7, 11) is 0. The van der Waals surface area contributed by atoms with E-state index in [-0.39, 0.29) is 11.2 Å². The van der Waals surface area contributed by atoms with Crippen molar-refractivity contribution in [3.05, 3.63) is 30.3 Å². The molecule has 0 bridgehead atoms. The molecular weight excluding hydrogens is 268 g/mol. The molecule has 3 N–H and O–H groups in total. The third kappa shape index (κ3) is 3.44. The van der Waals surface area contributed by atoms with Gasteiger partial charge in [-0.2, -0.15) is 0 Å². The lowest BCUT2D eigenvalue weighted by Gasteiger charge is -2.09. The summed E-state index contributed by atoms with van der Waals surface area (Å²) in [5.74, 6) is -0.0695. The zero-order valence-electron chi connectivity index (χ0n) is 9.66. The number of nitrogen functional groups attached to an aromatic ring is 1. The van der Waals surface area contributed by atoms with Gasteiger partial charge in [0.05, 0.1) is 5.25 Å². The Bertz CT molecular complexity index is 529. The minimum absolute atomic E-state index is 0.0695. The Morgan fingerprint density at radius 3 is 2.72 bits per heavy atom. The zero-order valence-corrected chi connectivity index (χ0v) is 11.3. The second-order valence-corrected chi connectivity index (χ2v) is 6.12. The highest BCUT2D eigenvalue weighted by atomic mass is 32.2. The van der Waals surface area contributed by atoms with E-state index < -0.39 is 0 Å². The Labute approximate surface area is 113 Å². The van der Waals surface area contributed by atoms with Crippen molar-refractivity contribution in [2.75, 3.05) is 11.1 Å². The highest BCUT2D eigenvalue weighted by molar-refractivity contribution is 8.02. The van der Waals surface area contributed by atoms with E-state index >= 15 is 0 Å². The SMILES string of the molecule is C[C@H](Sc1nnc(N)s1)C(=O)Nc1ccccc1. The minimum atomic E-state index is -0.252. The lowest BCUT2D eigenvalue weighted by atomic mass is 10.3. The van der Waals surface area contributed by atoms with Crippen LogP contribution in [0.4, 0.5) is 10.8 Å². The molecule has 1 amide bonds. The monoisotopic (exact) mass is 280 g/mol. The van der Waals surface area contributed by atoms with Gasteiger partial charge in [0.2, 0.25) is 11.0 Å². The summed E-state index contributed by atoms with van der Waals surface area (Å²) in [6.45, 7) is 1.82. The van der Waals surface area contributed by atoms with Gasteiger partial charge in [-0.3, -0.25) is 4.79 Å². The molecule has 94 valence electrons. The van der Waals surface area contributed by atoms with Crippen LogP contribution >= 0.6 is 23.1 Å². The van der Waals surface area contributed by atoms with E-state index in [9.17, 15) is 4.79 Å². The number of carbonyl (C=O) groups excluding carboxylic acids is 1. The Balaban J connectivity index is 1.93. The van der Waals surface area contributed by atoms with E-state index in [1.165, 1.54) is 23.1 Å². The van der Waals surface area contributed by atoms with Crippen molar-refractivity contribution in [1.29, 1.82) is 0 Å². The summed E-state index contributed by atoms with van der Waals surface area (Å²) in [5.41, 5.74) is 6.27. The maximum absolute atomic E-state index is 11.9. The number of nitrogens with two attached hydrogens (primary N) is 1. The molecular formula is C11H12N4OS2. The Hall–Kier alpha value is -1.60. The van der Waals surface area contributed by atoms with E-state index in [2.05, 4.69) is 15.5 Å². The second-order valence-electron chi connectivity index (χ2n) is 3.52. The number of benzene rings is 1. The molecule has 1 aromatic carbocycles. The number of hydrogen-bond donors (Lipinski definition) is 2. The molecule has 2 rings (SSSR count). The van der Waals surface area contributed by atoms with Crippen molar-refractivity contribution in [2.24, 2.45) is 0 Å². The molecule has 5 nitrogen and oxygen atoms in total. The van der Waals surface area contributed by atoms with Gasteiger partial charge in [-0.05, 0) is 19.1 Å². The van der Waals surface area contributed by atoms with Crippen LogP contribution in [0.15, 0.2) is 34.7 Å². The molecule has 1 heterocycles. The van der Waals surface area contributed by atoms with Crippen LogP contribution < -0.4 is 11.1 Å². The molecule has 0 aliphatic heterocycles. The summed E-state index contributed by atoms with van der Waals surface area (Å²) in [5, 5.41) is 10.6. The third-order valence-corrected chi connectivity index (χ3v) is 4.05. The van der Waals surface area contributed by atoms with Gasteiger partial charge in [0, 0.05) is 5.69 Å². The maximum Gasteiger partial charge on any atom is 0.237 e. The van der Waals surface area contributed by atoms with Gasteiger partial charge < -0.3 is 11.1 Å². The largest absolute Gasteiger partial charge is 0.374 e. The first-order valence-corrected chi connectivity index (χ1v) is 6.96. The summed E-state index contributed by atoms with van der Waals surface area (Å²) >= 11 is 2.62. The zero-order chi connectivity index (χ0) is 13.0. The third-order valence-electron chi connectivity index (χ3n) is 2.11. The number of rotatable bonds is 4. The molecule has 2 aromatic rings. The quantitative estimate of drug-likeness (QED) is 0.839. The fraction of sp³-hybridized carbons (Fsp3) is 0.182. The molecule has 18 heavy (non-hydrogen) atoms. The normalized spacial score (nSPS) is 12.1. The van der Waals surface area contributed by atoms with E-state index in [4.69, 9.17) is 5.73 Å². The summed E-state index contributed by atoms with van der Waals surface area (Å²) in [6.07, 6.45) is 0. The number of hydrogen-bond acceptors (Lipinski definition) is 6. The van der Waals surface area contributed by atoms with Gasteiger partial charge in [-0.15, -0.1) is 10.2 Å². The fourth-order valence-corrected chi connectivity index (χ4v) is 3.02. The van der Waals surface area contributed by atoms with Crippen LogP contribution in [0.5, 0.6) is 0 Å². The Morgan fingerprint density at radius 2 is 2.11 bits per heavy atom. The molecule has 0 unspecified atom stereocenters. The van der Waals surface area contributed by atoms with E-state index in [0.717, 1.165) is 5.69 Å². The molecule has 0 saturated carbocycles. The summed E-state index contributed by atoms with van der Waals surface area (Å²) < 4.78 is 0.697. The highest BCUT2D eigenvalue weighted by Gasteiger charge is 2.16. The molecule has 0 aliphatic rings. The average Bonchev–Trinajstić information content (AvgIpc) is 2.76. The lowest BCUT2D eigenvalue weighted by molar-refractivity contribution is -0.115. The van der Waals surface area contributed by atoms with Gasteiger partial charge >= 0.3 is 0 Å². The van der Waals surface area contributed by atoms with Gasteiger partial charge in [0.15, 0.2) is 4.34 Å². The van der Waals surface area contributed by atoms with Crippen LogP contribution in [0.3, 0.4) is 0 Å². The first-order chi connectivity index (χ1) is 8.65. The number of nitrogens with zero attached hydrogens (tertiary/aromatic N) is 2. The summed E-state index contributed by atoms with van der Waals surface area (Å²) in [4.78, 5) is 11.9. The number of anilines is 2. The Kier molecular flexibility index (Phi) is 4.16. The van der Waals surface area contributed by atoms with Crippen molar-refractivity contribution in [3.63, 3.8) is 0 Å². The number of thioether (sulfide) groups is 1. The first-order valence-electron chi connectivity index (χ1n) is 5.26. The van der Waals surface area contributed by atoms with Crippen LogP contribution in [0, 0.1) is 0 Å². The summed E-state index contributed by atoms with van der Waals surface area (Å²) in [6, 6.07) is 9.34. The number of aromatic nitrogens is 2. The first kappa shape index (κ1) is 12.8. The predicted molar refractivity (Wildman–Crippen MR) is 74.7 cm³/mol. The average molecular weight is 280 g/mol. The van der Waals surface area contributed by atoms with Crippen molar-refractivity contribution in [2.45, 2.75) is 16.5 Å². The topological polar surface area (TPSA) is 80.9 Å². The van der Waals surface area contributed by atoms with Gasteiger partial charge in [-0.25, -0.2) is 0 Å². The number of amides is 1. The minimum Gasteiger partial charge on any atom is -0.374 e. The van der Waals surface area contributed by atoms with Gasteiger partial charge in [0.25, 0.3) is 0 Å². The van der Waals surface area contributed by atoms with Crippen LogP contribution in [-0.4, -0.2) is 21.4 Å². The van der Waals surface area contributed by atoms with Crippen molar-refractivity contribution < 1.29 is 4.79 Å². The van der Waals surface area contributed by atoms with E-state index in [1.54, 1.807) is 0 Å². The number of nitrogens with one attached hydrogen (secondary N) is 1. The van der Waals surface area contributed by atoms with Gasteiger partial charge in [-0.1, -0.05) is 41.3 Å². The van der Waals surface area contributed by atoms with E-state index in [1.807, 2.05) is 37.3 Å². The number of carbonyl (C=O) groups is 1. The molecule has 0 spiro atoms. The second kappa shape index (κ2) is 5.83. The van der Waals surface area contributed by atoms with Crippen LogP contribution in [-0.2, 0) is 4.79 Å². The predicted octanol–water partition coefficient (Wildman–Crippen LogP) is 2.24. The highest BCUT2D eigenvalue weighted by Crippen LogP contribution is 2.27. The van der Waals surface area contributed by atoms with Crippen molar-refractivity contribution in [3.8, 4) is 0 Å². The molecule has 1 aromatic heterocycles. The molecule has 0 saturated heterocycles. The van der Waals surface area contributed by atoms with Crippen LogP contribution in [0.1, 0.15) is 6.92 Å². The fourth-order valence-electron chi connectivity index (χ4n) is 1.24. The van der Waals surface area contributed by atoms with Gasteiger partial charge in [0.1, 0.15) is 0 Å². The molecule has 1 atom stereocenters. The lowest BCUT2D eigenvalue weighted by Crippen LogP contribution is -2.22. The molecule has 0 radical (unpaired) electrons.